The lowest BCUT2D eigenvalue weighted by atomic mass is 10.1. The van der Waals surface area contributed by atoms with Crippen LogP contribution >= 0.6 is 11.3 Å². The average Bonchev–Trinajstić information content (AvgIpc) is 3.19. The van der Waals surface area contributed by atoms with Gasteiger partial charge in [0.15, 0.2) is 0 Å². The molecule has 0 atom stereocenters. The van der Waals surface area contributed by atoms with Gasteiger partial charge in [0.05, 0.1) is 25.3 Å². The summed E-state index contributed by atoms with van der Waals surface area (Å²) in [6, 6.07) is 17.7. The number of carbonyl (C=O) groups excluding carboxylic acids is 1. The van der Waals surface area contributed by atoms with Gasteiger partial charge in [-0.25, -0.2) is 4.98 Å². The third-order valence-electron chi connectivity index (χ3n) is 4.45. The van der Waals surface area contributed by atoms with Crippen LogP contribution in [0.4, 0.5) is 0 Å². The predicted octanol–water partition coefficient (Wildman–Crippen LogP) is 4.25. The number of aromatic nitrogens is 1. The molecule has 0 unspecified atom stereocenters. The second kappa shape index (κ2) is 10.7. The Morgan fingerprint density at radius 1 is 1.10 bits per heavy atom. The van der Waals surface area contributed by atoms with E-state index in [1.807, 2.05) is 66.9 Å². The van der Waals surface area contributed by atoms with Gasteiger partial charge in [0.1, 0.15) is 17.4 Å². The maximum Gasteiger partial charge on any atom is 0.227 e. The van der Waals surface area contributed by atoms with E-state index in [9.17, 15) is 4.79 Å². The quantitative estimate of drug-likeness (QED) is 0.501. The molecule has 1 amide bonds. The zero-order valence-corrected chi connectivity index (χ0v) is 17.7. The maximum absolute atomic E-state index is 12.8. The first-order chi connectivity index (χ1) is 14.1. The van der Waals surface area contributed by atoms with E-state index in [4.69, 9.17) is 9.47 Å². The van der Waals surface area contributed by atoms with Crippen LogP contribution in [0.1, 0.15) is 21.8 Å². The van der Waals surface area contributed by atoms with Crippen LogP contribution in [-0.4, -0.2) is 36.1 Å². The Morgan fingerprint density at radius 3 is 2.59 bits per heavy atom. The van der Waals surface area contributed by atoms with Crippen molar-refractivity contribution in [3.05, 3.63) is 81.8 Å². The van der Waals surface area contributed by atoms with Gasteiger partial charge in [0, 0.05) is 19.0 Å². The Labute approximate surface area is 175 Å². The summed E-state index contributed by atoms with van der Waals surface area (Å²) in [5, 5.41) is 2.88. The van der Waals surface area contributed by atoms with E-state index in [-0.39, 0.29) is 5.91 Å². The second-order valence-corrected chi connectivity index (χ2v) is 7.75. The molecule has 0 aliphatic carbocycles. The van der Waals surface area contributed by atoms with Gasteiger partial charge < -0.3 is 14.4 Å². The number of benzene rings is 2. The van der Waals surface area contributed by atoms with Crippen LogP contribution in [0.25, 0.3) is 0 Å². The molecule has 0 aliphatic heterocycles. The van der Waals surface area contributed by atoms with Gasteiger partial charge in [0.25, 0.3) is 0 Å². The van der Waals surface area contributed by atoms with E-state index in [1.165, 1.54) is 5.56 Å². The summed E-state index contributed by atoms with van der Waals surface area (Å²) in [5.41, 5.74) is 3.07. The number of thiazole rings is 1. The summed E-state index contributed by atoms with van der Waals surface area (Å²) in [5.74, 6) is 0.894. The molecule has 0 spiro atoms. The van der Waals surface area contributed by atoms with E-state index in [0.717, 1.165) is 22.0 Å². The Bertz CT molecular complexity index is 894. The molecule has 0 aliphatic rings. The van der Waals surface area contributed by atoms with Gasteiger partial charge in [-0.2, -0.15) is 0 Å². The van der Waals surface area contributed by atoms with Gasteiger partial charge >= 0.3 is 0 Å². The third kappa shape index (κ3) is 6.69. The van der Waals surface area contributed by atoms with Crippen molar-refractivity contribution in [3.63, 3.8) is 0 Å². The Morgan fingerprint density at radius 2 is 1.86 bits per heavy atom. The lowest BCUT2D eigenvalue weighted by molar-refractivity contribution is -0.131. The summed E-state index contributed by atoms with van der Waals surface area (Å²) < 4.78 is 11.0. The number of carbonyl (C=O) groups is 1. The largest absolute Gasteiger partial charge is 0.486 e. The van der Waals surface area contributed by atoms with Crippen molar-refractivity contribution in [2.45, 2.75) is 26.5 Å². The number of hydrogen-bond donors (Lipinski definition) is 0. The molecule has 0 fully saturated rings. The molecule has 0 bridgehead atoms. The fraction of sp³-hybridized carbons (Fsp3) is 0.304. The van der Waals surface area contributed by atoms with Gasteiger partial charge in [-0.15, -0.1) is 11.3 Å². The number of aryl methyl sites for hydroxylation is 1. The molecule has 6 heteroatoms. The molecule has 29 heavy (non-hydrogen) atoms. The Kier molecular flexibility index (Phi) is 7.78. The molecule has 2 aromatic carbocycles. The minimum Gasteiger partial charge on any atom is -0.486 e. The Balaban J connectivity index is 1.58. The van der Waals surface area contributed by atoms with Gasteiger partial charge in [-0.3, -0.25) is 4.79 Å². The first-order valence-corrected chi connectivity index (χ1v) is 10.5. The highest BCUT2D eigenvalue weighted by atomic mass is 32.1. The molecule has 5 nitrogen and oxygen atoms in total. The van der Waals surface area contributed by atoms with Gasteiger partial charge in [0.2, 0.25) is 5.91 Å². The van der Waals surface area contributed by atoms with Crippen molar-refractivity contribution in [2.75, 3.05) is 20.3 Å². The highest BCUT2D eigenvalue weighted by Gasteiger charge is 2.16. The molecule has 0 N–H and O–H groups in total. The topological polar surface area (TPSA) is 51.7 Å². The lowest BCUT2D eigenvalue weighted by Crippen LogP contribution is -2.34. The summed E-state index contributed by atoms with van der Waals surface area (Å²) in [7, 11) is 1.64. The smallest absolute Gasteiger partial charge is 0.227 e. The van der Waals surface area contributed by atoms with Crippen LogP contribution in [0, 0.1) is 6.92 Å². The fourth-order valence-corrected chi connectivity index (χ4v) is 3.53. The van der Waals surface area contributed by atoms with E-state index >= 15 is 0 Å². The average molecular weight is 411 g/mol. The van der Waals surface area contributed by atoms with E-state index < -0.39 is 0 Å². The normalized spacial score (nSPS) is 10.7. The second-order valence-electron chi connectivity index (χ2n) is 6.80. The first-order valence-electron chi connectivity index (χ1n) is 9.57. The van der Waals surface area contributed by atoms with Crippen molar-refractivity contribution in [3.8, 4) is 5.75 Å². The van der Waals surface area contributed by atoms with Crippen molar-refractivity contribution in [2.24, 2.45) is 0 Å². The van der Waals surface area contributed by atoms with Crippen LogP contribution in [0.3, 0.4) is 0 Å². The predicted molar refractivity (Wildman–Crippen MR) is 115 cm³/mol. The van der Waals surface area contributed by atoms with Crippen LogP contribution in [-0.2, 0) is 29.1 Å². The fourth-order valence-electron chi connectivity index (χ4n) is 2.84. The summed E-state index contributed by atoms with van der Waals surface area (Å²) >= 11 is 1.55. The SMILES string of the molecule is COCCN(Cc1csc(COc2ccc(C)cc2)n1)C(=O)Cc1ccccc1. The van der Waals surface area contributed by atoms with Gasteiger partial charge in [-0.1, -0.05) is 48.0 Å². The molecule has 0 radical (unpaired) electrons. The number of methoxy groups -OCH3 is 1. The third-order valence-corrected chi connectivity index (χ3v) is 5.32. The number of nitrogens with zero attached hydrogens (tertiary/aromatic N) is 2. The molecule has 1 heterocycles. The van der Waals surface area contributed by atoms with E-state index in [1.54, 1.807) is 23.3 Å². The van der Waals surface area contributed by atoms with Crippen molar-refractivity contribution in [1.82, 2.24) is 9.88 Å². The van der Waals surface area contributed by atoms with Crippen LogP contribution in [0.2, 0.25) is 0 Å². The number of ether oxygens (including phenoxy) is 2. The first kappa shape index (κ1) is 21.0. The number of rotatable bonds is 10. The highest BCUT2D eigenvalue weighted by molar-refractivity contribution is 7.09. The standard InChI is InChI=1S/C23H26N2O3S/c1-18-8-10-21(11-9-18)28-16-22-24-20(17-29-22)15-25(12-13-27-2)23(26)14-19-6-4-3-5-7-19/h3-11,17H,12-16H2,1-2H3. The van der Waals surface area contributed by atoms with Crippen LogP contribution in [0.15, 0.2) is 60.0 Å². The van der Waals surface area contributed by atoms with Crippen molar-refractivity contribution in [1.29, 1.82) is 0 Å². The minimum absolute atomic E-state index is 0.0682. The molecule has 1 aromatic heterocycles. The van der Waals surface area contributed by atoms with Crippen LogP contribution in [0.5, 0.6) is 5.75 Å². The zero-order valence-electron chi connectivity index (χ0n) is 16.8. The molecular formula is C23H26N2O3S. The summed E-state index contributed by atoms with van der Waals surface area (Å²) in [6.45, 7) is 3.97. The van der Waals surface area contributed by atoms with Crippen molar-refractivity contribution < 1.29 is 14.3 Å². The molecule has 0 saturated heterocycles. The molecule has 3 aromatic rings. The maximum atomic E-state index is 12.8. The molecular weight excluding hydrogens is 384 g/mol. The van der Waals surface area contributed by atoms with Gasteiger partial charge in [-0.05, 0) is 24.6 Å². The summed E-state index contributed by atoms with van der Waals surface area (Å²) in [6.07, 6.45) is 0.373. The zero-order chi connectivity index (χ0) is 20.5. The van der Waals surface area contributed by atoms with Crippen molar-refractivity contribution >= 4 is 17.2 Å². The highest BCUT2D eigenvalue weighted by Crippen LogP contribution is 2.17. The van der Waals surface area contributed by atoms with E-state index in [0.29, 0.717) is 32.7 Å². The molecule has 152 valence electrons. The summed E-state index contributed by atoms with van der Waals surface area (Å²) in [4.78, 5) is 19.2. The molecule has 0 saturated carbocycles. The monoisotopic (exact) mass is 410 g/mol. The Hall–Kier alpha value is -2.70. The van der Waals surface area contributed by atoms with Crippen LogP contribution < -0.4 is 4.74 Å². The number of hydrogen-bond acceptors (Lipinski definition) is 5. The molecule has 3 rings (SSSR count). The van der Waals surface area contributed by atoms with E-state index in [2.05, 4.69) is 4.98 Å². The number of amides is 1. The minimum atomic E-state index is 0.0682. The lowest BCUT2D eigenvalue weighted by Gasteiger charge is -2.21.